The molecule has 1 rings (SSSR count). The van der Waals surface area contributed by atoms with E-state index in [4.69, 9.17) is 16.3 Å². The molecule has 76 valence electrons. The molecule has 2 nitrogen and oxygen atoms in total. The molecule has 0 fully saturated rings. The number of carbonyl (C=O) groups excluding carboxylic acids is 1. The van der Waals surface area contributed by atoms with Crippen LogP contribution in [-0.4, -0.2) is 13.4 Å². The van der Waals surface area contributed by atoms with Crippen LogP contribution in [0.5, 0.6) is 0 Å². The Hall–Kier alpha value is -0.860. The highest BCUT2D eigenvalue weighted by molar-refractivity contribution is 6.31. The van der Waals surface area contributed by atoms with Crippen molar-refractivity contribution in [3.63, 3.8) is 0 Å². The topological polar surface area (TPSA) is 26.3 Å². The van der Waals surface area contributed by atoms with Crippen molar-refractivity contribution in [1.82, 2.24) is 0 Å². The Morgan fingerprint density at radius 2 is 2.29 bits per heavy atom. The molecule has 0 aliphatic carbocycles. The van der Waals surface area contributed by atoms with E-state index in [2.05, 4.69) is 0 Å². The number of benzene rings is 1. The van der Waals surface area contributed by atoms with E-state index in [1.807, 2.05) is 13.0 Å². The van der Waals surface area contributed by atoms with Crippen LogP contribution in [0.1, 0.15) is 35.4 Å². The van der Waals surface area contributed by atoms with Crippen molar-refractivity contribution in [3.05, 3.63) is 34.3 Å². The Morgan fingerprint density at radius 1 is 1.57 bits per heavy atom. The fourth-order valence-electron chi connectivity index (χ4n) is 1.39. The molecule has 0 N–H and O–H groups in total. The summed E-state index contributed by atoms with van der Waals surface area (Å²) in [6, 6.07) is 5.24. The van der Waals surface area contributed by atoms with Crippen molar-refractivity contribution < 1.29 is 9.53 Å². The van der Waals surface area contributed by atoms with Crippen LogP contribution in [0.3, 0.4) is 0 Å². The van der Waals surface area contributed by atoms with Gasteiger partial charge in [-0.3, -0.25) is 4.79 Å². The van der Waals surface area contributed by atoms with Crippen LogP contribution in [0.4, 0.5) is 0 Å². The van der Waals surface area contributed by atoms with E-state index in [1.54, 1.807) is 19.2 Å². The maximum Gasteiger partial charge on any atom is 0.150 e. The second-order valence-electron chi connectivity index (χ2n) is 3.03. The standard InChI is InChI=1S/C11H13ClO2/c1-3-11(14-2)9-5-4-8(7-13)6-10(9)12/h4-7,11H,3H2,1-2H3. The van der Waals surface area contributed by atoms with E-state index < -0.39 is 0 Å². The molecule has 0 aliphatic heterocycles. The number of hydrogen-bond acceptors (Lipinski definition) is 2. The van der Waals surface area contributed by atoms with Gasteiger partial charge in [0.1, 0.15) is 6.29 Å². The van der Waals surface area contributed by atoms with E-state index in [-0.39, 0.29) is 6.10 Å². The maximum atomic E-state index is 10.5. The average Bonchev–Trinajstić information content (AvgIpc) is 2.22. The SMILES string of the molecule is CCC(OC)c1ccc(C=O)cc1Cl. The van der Waals surface area contributed by atoms with Gasteiger partial charge >= 0.3 is 0 Å². The summed E-state index contributed by atoms with van der Waals surface area (Å²) in [4.78, 5) is 10.5. The molecule has 0 bridgehead atoms. The summed E-state index contributed by atoms with van der Waals surface area (Å²) in [6.45, 7) is 2.03. The molecule has 1 aromatic rings. The Labute approximate surface area is 88.8 Å². The molecule has 0 radical (unpaired) electrons. The van der Waals surface area contributed by atoms with Crippen molar-refractivity contribution >= 4 is 17.9 Å². The first-order chi connectivity index (χ1) is 6.72. The molecule has 0 aliphatic rings. The second kappa shape index (κ2) is 5.13. The maximum absolute atomic E-state index is 10.5. The van der Waals surface area contributed by atoms with Crippen molar-refractivity contribution in [2.75, 3.05) is 7.11 Å². The third kappa shape index (κ3) is 2.34. The number of rotatable bonds is 4. The molecule has 0 amide bonds. The lowest BCUT2D eigenvalue weighted by molar-refractivity contribution is 0.100. The quantitative estimate of drug-likeness (QED) is 0.717. The zero-order chi connectivity index (χ0) is 10.6. The summed E-state index contributed by atoms with van der Waals surface area (Å²) in [6.07, 6.45) is 1.64. The van der Waals surface area contributed by atoms with E-state index in [1.165, 1.54) is 0 Å². The highest BCUT2D eigenvalue weighted by Gasteiger charge is 2.11. The fraction of sp³-hybridized carbons (Fsp3) is 0.364. The first-order valence-corrected chi connectivity index (χ1v) is 4.88. The smallest absolute Gasteiger partial charge is 0.150 e. The number of carbonyl (C=O) groups is 1. The normalized spacial score (nSPS) is 12.5. The molecule has 3 heteroatoms. The summed E-state index contributed by atoms with van der Waals surface area (Å²) >= 11 is 6.02. The van der Waals surface area contributed by atoms with Gasteiger partial charge in [-0.2, -0.15) is 0 Å². The third-order valence-corrected chi connectivity index (χ3v) is 2.49. The first kappa shape index (κ1) is 11.2. The van der Waals surface area contributed by atoms with Crippen LogP contribution in [0.15, 0.2) is 18.2 Å². The number of hydrogen-bond donors (Lipinski definition) is 0. The minimum absolute atomic E-state index is 0.00296. The Morgan fingerprint density at radius 3 is 2.71 bits per heavy atom. The van der Waals surface area contributed by atoms with Crippen LogP contribution >= 0.6 is 11.6 Å². The van der Waals surface area contributed by atoms with Gasteiger partial charge in [-0.25, -0.2) is 0 Å². The summed E-state index contributed by atoms with van der Waals surface area (Å²) < 4.78 is 5.27. The molecular weight excluding hydrogens is 200 g/mol. The Balaban J connectivity index is 3.03. The van der Waals surface area contributed by atoms with Gasteiger partial charge in [-0.15, -0.1) is 0 Å². The number of aldehydes is 1. The predicted molar refractivity (Wildman–Crippen MR) is 56.9 cm³/mol. The van der Waals surface area contributed by atoms with Gasteiger partial charge in [0.05, 0.1) is 6.10 Å². The molecule has 0 spiro atoms. The molecule has 0 heterocycles. The van der Waals surface area contributed by atoms with Crippen molar-refractivity contribution in [3.8, 4) is 0 Å². The summed E-state index contributed by atoms with van der Waals surface area (Å²) in [7, 11) is 1.65. The van der Waals surface area contributed by atoms with Crippen LogP contribution in [0.25, 0.3) is 0 Å². The van der Waals surface area contributed by atoms with Gasteiger partial charge in [-0.05, 0) is 18.1 Å². The zero-order valence-electron chi connectivity index (χ0n) is 8.29. The van der Waals surface area contributed by atoms with Crippen molar-refractivity contribution in [2.45, 2.75) is 19.4 Å². The van der Waals surface area contributed by atoms with E-state index in [9.17, 15) is 4.79 Å². The van der Waals surface area contributed by atoms with Gasteiger partial charge in [0.25, 0.3) is 0 Å². The van der Waals surface area contributed by atoms with E-state index in [0.717, 1.165) is 18.3 Å². The number of methoxy groups -OCH3 is 1. The van der Waals surface area contributed by atoms with Crippen LogP contribution in [0, 0.1) is 0 Å². The predicted octanol–water partition coefficient (Wildman–Crippen LogP) is 3.25. The highest BCUT2D eigenvalue weighted by atomic mass is 35.5. The van der Waals surface area contributed by atoms with Crippen molar-refractivity contribution in [2.24, 2.45) is 0 Å². The van der Waals surface area contributed by atoms with Gasteiger partial charge < -0.3 is 4.74 Å². The van der Waals surface area contributed by atoms with Gasteiger partial charge in [0.15, 0.2) is 0 Å². The monoisotopic (exact) mass is 212 g/mol. The molecule has 0 saturated carbocycles. The third-order valence-electron chi connectivity index (χ3n) is 2.16. The van der Waals surface area contributed by atoms with Gasteiger partial charge in [-0.1, -0.05) is 30.7 Å². The molecule has 0 aromatic heterocycles. The van der Waals surface area contributed by atoms with Gasteiger partial charge in [0, 0.05) is 17.7 Å². The highest BCUT2D eigenvalue weighted by Crippen LogP contribution is 2.27. The largest absolute Gasteiger partial charge is 0.377 e. The summed E-state index contributed by atoms with van der Waals surface area (Å²) in [5, 5.41) is 0.586. The zero-order valence-corrected chi connectivity index (χ0v) is 9.04. The molecule has 0 saturated heterocycles. The van der Waals surface area contributed by atoms with E-state index >= 15 is 0 Å². The lowest BCUT2D eigenvalue weighted by atomic mass is 10.1. The minimum Gasteiger partial charge on any atom is -0.377 e. The lowest BCUT2D eigenvalue weighted by Gasteiger charge is -2.14. The number of halogens is 1. The summed E-state index contributed by atoms with van der Waals surface area (Å²) in [5.41, 5.74) is 1.52. The summed E-state index contributed by atoms with van der Waals surface area (Å²) in [5.74, 6) is 0. The molecule has 1 unspecified atom stereocenters. The van der Waals surface area contributed by atoms with Crippen LogP contribution in [0.2, 0.25) is 5.02 Å². The lowest BCUT2D eigenvalue weighted by Crippen LogP contribution is -2.00. The minimum atomic E-state index is 0.00296. The Bertz CT molecular complexity index is 319. The van der Waals surface area contributed by atoms with Crippen LogP contribution in [-0.2, 0) is 4.74 Å². The van der Waals surface area contributed by atoms with E-state index in [0.29, 0.717) is 10.6 Å². The Kier molecular flexibility index (Phi) is 4.11. The van der Waals surface area contributed by atoms with Crippen molar-refractivity contribution in [1.29, 1.82) is 0 Å². The van der Waals surface area contributed by atoms with Gasteiger partial charge in [0.2, 0.25) is 0 Å². The molecule has 1 aromatic carbocycles. The second-order valence-corrected chi connectivity index (χ2v) is 3.44. The average molecular weight is 213 g/mol. The molecule has 1 atom stereocenters. The fourth-order valence-corrected chi connectivity index (χ4v) is 1.70. The first-order valence-electron chi connectivity index (χ1n) is 4.50. The van der Waals surface area contributed by atoms with Crippen LogP contribution < -0.4 is 0 Å². The number of ether oxygens (including phenoxy) is 1. The molecular formula is C11H13ClO2. The molecule has 14 heavy (non-hydrogen) atoms.